The third-order valence-electron chi connectivity index (χ3n) is 10.1. The van der Waals surface area contributed by atoms with Crippen molar-refractivity contribution in [1.29, 1.82) is 5.41 Å². The first-order valence-corrected chi connectivity index (χ1v) is 16.8. The first kappa shape index (κ1) is 39.3. The van der Waals surface area contributed by atoms with E-state index in [4.69, 9.17) is 29.1 Å². The average molecular weight is 668 g/mol. The Morgan fingerprint density at radius 1 is 1.11 bits per heavy atom. The second kappa shape index (κ2) is 15.6. The number of fused-ring (bicyclic) bond motifs is 5. The van der Waals surface area contributed by atoms with Crippen molar-refractivity contribution >= 4 is 29.1 Å². The average Bonchev–Trinajstić information content (AvgIpc) is 3.00. The lowest BCUT2D eigenvalue weighted by molar-refractivity contribution is -0.296. The van der Waals surface area contributed by atoms with Gasteiger partial charge >= 0.3 is 5.97 Å². The van der Waals surface area contributed by atoms with Crippen molar-refractivity contribution in [3.8, 4) is 0 Å². The minimum Gasteiger partial charge on any atom is -0.459 e. The van der Waals surface area contributed by atoms with Crippen molar-refractivity contribution in [2.45, 2.75) is 136 Å². The SMILES string of the molecule is CC[C@H]1OC(=O)[C@H](C)C(=O)[C@H](C)[C@@H](OC2O[C@H](C)C[C@H](N(C)C)[C@H]2O)[C@@]2(C)C[C@@H](C)C(=NC(C)=O)[C@H](C)[C@@H](OCC(=N)CO2)[C@]1(C)O. The van der Waals surface area contributed by atoms with Crippen LogP contribution in [0.2, 0.25) is 0 Å². The largest absolute Gasteiger partial charge is 0.459 e. The molecule has 3 saturated heterocycles. The van der Waals surface area contributed by atoms with Gasteiger partial charge in [-0.15, -0.1) is 0 Å². The van der Waals surface area contributed by atoms with Crippen LogP contribution in [0, 0.1) is 29.1 Å². The highest BCUT2D eigenvalue weighted by Crippen LogP contribution is 2.40. The van der Waals surface area contributed by atoms with Gasteiger partial charge in [0, 0.05) is 30.5 Å². The van der Waals surface area contributed by atoms with Crippen LogP contribution in [0.5, 0.6) is 0 Å². The summed E-state index contributed by atoms with van der Waals surface area (Å²) in [5, 5.41) is 32.2. The third-order valence-corrected chi connectivity index (χ3v) is 10.1. The fourth-order valence-electron chi connectivity index (χ4n) is 7.56. The maximum absolute atomic E-state index is 14.2. The molecule has 3 aliphatic heterocycles. The van der Waals surface area contributed by atoms with Gasteiger partial charge in [-0.2, -0.15) is 0 Å². The molecule has 0 aromatic carbocycles. The minimum absolute atomic E-state index is 0.0603. The Hall–Kier alpha value is -2.13. The highest BCUT2D eigenvalue weighted by atomic mass is 16.7. The summed E-state index contributed by atoms with van der Waals surface area (Å²) >= 11 is 0. The molecule has 3 aliphatic rings. The number of hydrogen-bond acceptors (Lipinski definition) is 12. The molecule has 0 radical (unpaired) electrons. The monoisotopic (exact) mass is 667 g/mol. The number of aliphatic hydroxyl groups is 2. The topological polar surface area (TPSA) is 177 Å². The number of rotatable bonds is 4. The summed E-state index contributed by atoms with van der Waals surface area (Å²) in [5.41, 5.74) is -2.65. The van der Waals surface area contributed by atoms with Crippen molar-refractivity contribution in [3.05, 3.63) is 0 Å². The van der Waals surface area contributed by atoms with Crippen LogP contribution in [-0.2, 0) is 38.1 Å². The quantitative estimate of drug-likeness (QED) is 0.297. The predicted octanol–water partition coefficient (Wildman–Crippen LogP) is 2.57. The Morgan fingerprint density at radius 2 is 1.74 bits per heavy atom. The number of ether oxygens (including phenoxy) is 5. The lowest BCUT2D eigenvalue weighted by Gasteiger charge is -2.47. The number of cyclic esters (lactones) is 1. The Balaban J connectivity index is 2.29. The fourth-order valence-corrected chi connectivity index (χ4v) is 7.56. The molecule has 3 heterocycles. The van der Waals surface area contributed by atoms with E-state index in [1.807, 2.05) is 32.8 Å². The van der Waals surface area contributed by atoms with Crippen LogP contribution in [-0.4, -0.2) is 126 Å². The number of aliphatic hydroxyl groups excluding tert-OH is 1. The van der Waals surface area contributed by atoms with E-state index in [1.165, 1.54) is 20.8 Å². The summed E-state index contributed by atoms with van der Waals surface area (Å²) in [4.78, 5) is 46.6. The molecule has 13 nitrogen and oxygen atoms in total. The third kappa shape index (κ3) is 8.73. The van der Waals surface area contributed by atoms with Crippen molar-refractivity contribution < 1.29 is 48.3 Å². The molecule has 13 heteroatoms. The number of nitrogens with one attached hydrogen (secondary N) is 1. The molecular formula is C34H57N3O10. The van der Waals surface area contributed by atoms with Gasteiger partial charge in [0.05, 0.1) is 42.8 Å². The molecule has 0 aromatic heterocycles. The van der Waals surface area contributed by atoms with Gasteiger partial charge in [-0.1, -0.05) is 27.7 Å². The van der Waals surface area contributed by atoms with Gasteiger partial charge in [-0.3, -0.25) is 14.4 Å². The van der Waals surface area contributed by atoms with Crippen molar-refractivity contribution in [1.82, 2.24) is 4.90 Å². The molecule has 0 aromatic rings. The summed E-state index contributed by atoms with van der Waals surface area (Å²) in [6.07, 6.45) is -4.80. The molecule has 268 valence electrons. The molecule has 1 unspecified atom stereocenters. The van der Waals surface area contributed by atoms with Crippen LogP contribution in [0.1, 0.15) is 81.6 Å². The molecule has 0 saturated carbocycles. The lowest BCUT2D eigenvalue weighted by Crippen LogP contribution is -2.60. The number of carbonyl (C=O) groups excluding carboxylic acids is 3. The van der Waals surface area contributed by atoms with Gasteiger partial charge in [-0.25, -0.2) is 4.99 Å². The van der Waals surface area contributed by atoms with E-state index in [1.54, 1.807) is 27.7 Å². The van der Waals surface area contributed by atoms with Crippen LogP contribution >= 0.6 is 0 Å². The zero-order valence-corrected chi connectivity index (χ0v) is 29.9. The van der Waals surface area contributed by atoms with Crippen LogP contribution in [0.4, 0.5) is 0 Å². The van der Waals surface area contributed by atoms with E-state index in [0.717, 1.165) is 0 Å². The van der Waals surface area contributed by atoms with Crippen molar-refractivity contribution in [3.63, 3.8) is 0 Å². The summed E-state index contributed by atoms with van der Waals surface area (Å²) in [7, 11) is 3.72. The van der Waals surface area contributed by atoms with Gasteiger partial charge < -0.3 is 44.2 Å². The van der Waals surface area contributed by atoms with E-state index < -0.39 is 83.2 Å². The molecule has 3 N–H and O–H groups in total. The lowest BCUT2D eigenvalue weighted by atomic mass is 9.73. The normalized spacial score (nSPS) is 44.0. The molecule has 1 amide bonds. The maximum atomic E-state index is 14.2. The second-order valence-corrected chi connectivity index (χ2v) is 14.5. The summed E-state index contributed by atoms with van der Waals surface area (Å²) < 4.78 is 31.3. The van der Waals surface area contributed by atoms with E-state index in [-0.39, 0.29) is 43.9 Å². The van der Waals surface area contributed by atoms with Gasteiger partial charge in [0.15, 0.2) is 12.1 Å². The van der Waals surface area contributed by atoms with Crippen LogP contribution in [0.15, 0.2) is 4.99 Å². The zero-order chi connectivity index (χ0) is 35.6. The van der Waals surface area contributed by atoms with Gasteiger partial charge in [0.1, 0.15) is 23.7 Å². The molecule has 2 bridgehead atoms. The minimum atomic E-state index is -1.79. The van der Waals surface area contributed by atoms with Crippen LogP contribution < -0.4 is 0 Å². The molecule has 3 fully saturated rings. The molecule has 13 atom stereocenters. The maximum Gasteiger partial charge on any atom is 0.316 e. The molecule has 3 rings (SSSR count). The van der Waals surface area contributed by atoms with E-state index in [9.17, 15) is 24.6 Å². The molecule has 0 spiro atoms. The number of nitrogens with zero attached hydrogens (tertiary/aromatic N) is 2. The Labute approximate surface area is 279 Å². The highest BCUT2D eigenvalue weighted by molar-refractivity contribution is 6.00. The Kier molecular flexibility index (Phi) is 13.1. The van der Waals surface area contributed by atoms with E-state index in [2.05, 4.69) is 4.99 Å². The number of ketones is 1. The van der Waals surface area contributed by atoms with E-state index in [0.29, 0.717) is 12.1 Å². The molecular weight excluding hydrogens is 610 g/mol. The van der Waals surface area contributed by atoms with Gasteiger partial charge in [0.25, 0.3) is 0 Å². The van der Waals surface area contributed by atoms with Gasteiger partial charge in [-0.05, 0) is 67.0 Å². The second-order valence-electron chi connectivity index (χ2n) is 14.5. The number of carbonyl (C=O) groups is 3. The standard InChI is InChI=1S/C34H57N3O10/c1-12-25-34(9,42)30-19(4)26(36-22(7)38)17(2)14-33(8,44-16-23(35)15-43-30)29(20(5)27(39)21(6)31(41)46-25)47-32-28(40)24(37(10)11)13-18(3)45-32/h17-21,24-25,28-30,32,35,40,42H,12-16H2,1-11H3/t17-,18-,19+,20+,21-,24+,25-,28-,29-,30-,32?,33-,34-/m1/s1. The highest BCUT2D eigenvalue weighted by Gasteiger charge is 2.53. The Morgan fingerprint density at radius 3 is 2.32 bits per heavy atom. The molecule has 47 heavy (non-hydrogen) atoms. The van der Waals surface area contributed by atoms with Crippen LogP contribution in [0.25, 0.3) is 0 Å². The Bertz CT molecular complexity index is 1190. The van der Waals surface area contributed by atoms with Crippen molar-refractivity contribution in [2.24, 2.45) is 28.7 Å². The number of Topliss-reactive ketones (excluding diaryl/α,β-unsaturated/α-hetero) is 1. The number of aliphatic imine (C=N–C) groups is 1. The van der Waals surface area contributed by atoms with Crippen LogP contribution in [0.3, 0.4) is 0 Å². The van der Waals surface area contributed by atoms with Crippen molar-refractivity contribution in [2.75, 3.05) is 27.3 Å². The zero-order valence-electron chi connectivity index (χ0n) is 29.9. The van der Waals surface area contributed by atoms with Gasteiger partial charge in [0.2, 0.25) is 5.91 Å². The predicted molar refractivity (Wildman–Crippen MR) is 174 cm³/mol. The summed E-state index contributed by atoms with van der Waals surface area (Å²) in [6.45, 7) is 14.6. The molecule has 0 aliphatic carbocycles. The number of amides is 1. The fraction of sp³-hybridized carbons (Fsp3) is 0.853. The smallest absolute Gasteiger partial charge is 0.316 e. The summed E-state index contributed by atoms with van der Waals surface area (Å²) in [6, 6.07) is -0.293. The summed E-state index contributed by atoms with van der Waals surface area (Å²) in [5.74, 6) is -5.12. The number of hydrogen-bond donors (Lipinski definition) is 3. The number of likely N-dealkylation sites (N-methyl/N-ethyl adjacent to an activating group) is 1. The first-order chi connectivity index (χ1) is 21.7. The number of esters is 1. The first-order valence-electron chi connectivity index (χ1n) is 16.8. The van der Waals surface area contributed by atoms with E-state index >= 15 is 0 Å².